The maximum absolute atomic E-state index is 12.1. The van der Waals surface area contributed by atoms with Gasteiger partial charge in [-0.15, -0.1) is 0 Å². The van der Waals surface area contributed by atoms with Crippen molar-refractivity contribution in [2.24, 2.45) is 0 Å². The summed E-state index contributed by atoms with van der Waals surface area (Å²) in [4.78, 5) is 16.6. The highest BCUT2D eigenvalue weighted by atomic mass is 16.3. The summed E-state index contributed by atoms with van der Waals surface area (Å²) in [6, 6.07) is 2.52. The molecule has 1 aromatic rings. The summed E-state index contributed by atoms with van der Waals surface area (Å²) in [5.74, 6) is 0.106. The van der Waals surface area contributed by atoms with Crippen molar-refractivity contribution in [3.8, 4) is 0 Å². The molecule has 2 fully saturated rings. The first-order valence-corrected chi connectivity index (χ1v) is 6.90. The van der Waals surface area contributed by atoms with Crippen LogP contribution in [-0.2, 0) is 0 Å². The van der Waals surface area contributed by atoms with Crippen LogP contribution >= 0.6 is 0 Å². The second-order valence-corrected chi connectivity index (χ2v) is 5.28. The molecular formula is C14H20N2O2. The molecule has 3 rings (SSSR count). The standard InChI is InChI=1S/C14H20N2O2/c17-14(12-5-10-18-11-12)16-8-6-15(7-9-16)13-3-1-2-4-13/h5,10-11,13H,1-4,6-9H2. The molecule has 0 bridgehead atoms. The first-order valence-electron chi connectivity index (χ1n) is 6.90. The van der Waals surface area contributed by atoms with Gasteiger partial charge < -0.3 is 9.32 Å². The minimum absolute atomic E-state index is 0.106. The first-order chi connectivity index (χ1) is 8.84. The normalized spacial score (nSPS) is 22.6. The Morgan fingerprint density at radius 3 is 2.50 bits per heavy atom. The van der Waals surface area contributed by atoms with E-state index in [-0.39, 0.29) is 5.91 Å². The van der Waals surface area contributed by atoms with Gasteiger partial charge in [0.1, 0.15) is 6.26 Å². The van der Waals surface area contributed by atoms with Gasteiger partial charge in [0.2, 0.25) is 0 Å². The van der Waals surface area contributed by atoms with Crippen LogP contribution in [-0.4, -0.2) is 47.9 Å². The van der Waals surface area contributed by atoms with Crippen LogP contribution in [0.3, 0.4) is 0 Å². The molecule has 0 radical (unpaired) electrons. The van der Waals surface area contributed by atoms with E-state index in [0.717, 1.165) is 32.2 Å². The number of piperazine rings is 1. The largest absolute Gasteiger partial charge is 0.472 e. The van der Waals surface area contributed by atoms with Gasteiger partial charge in [0.15, 0.2) is 0 Å². The van der Waals surface area contributed by atoms with Gasteiger partial charge in [-0.1, -0.05) is 12.8 Å². The molecule has 4 nitrogen and oxygen atoms in total. The third-order valence-electron chi connectivity index (χ3n) is 4.21. The van der Waals surface area contributed by atoms with Crippen LogP contribution in [0.2, 0.25) is 0 Å². The molecule has 1 saturated carbocycles. The molecule has 0 spiro atoms. The summed E-state index contributed by atoms with van der Waals surface area (Å²) in [5.41, 5.74) is 0.671. The third-order valence-corrected chi connectivity index (χ3v) is 4.21. The zero-order valence-corrected chi connectivity index (χ0v) is 10.7. The Morgan fingerprint density at radius 2 is 1.89 bits per heavy atom. The number of carbonyl (C=O) groups is 1. The fourth-order valence-electron chi connectivity index (χ4n) is 3.13. The first kappa shape index (κ1) is 11.8. The van der Waals surface area contributed by atoms with Crippen molar-refractivity contribution < 1.29 is 9.21 Å². The summed E-state index contributed by atoms with van der Waals surface area (Å²) < 4.78 is 4.97. The van der Waals surface area contributed by atoms with E-state index in [4.69, 9.17) is 4.42 Å². The average molecular weight is 248 g/mol. The quantitative estimate of drug-likeness (QED) is 0.803. The number of carbonyl (C=O) groups excluding carboxylic acids is 1. The minimum atomic E-state index is 0.106. The molecule has 0 N–H and O–H groups in total. The Bertz CT molecular complexity index is 388. The number of nitrogens with zero attached hydrogens (tertiary/aromatic N) is 2. The van der Waals surface area contributed by atoms with Gasteiger partial charge in [0, 0.05) is 32.2 Å². The van der Waals surface area contributed by atoms with Crippen LogP contribution in [0.5, 0.6) is 0 Å². The molecule has 0 aromatic carbocycles. The van der Waals surface area contributed by atoms with E-state index in [1.807, 2.05) is 4.90 Å². The SMILES string of the molecule is O=C(c1ccoc1)N1CCN(C2CCCC2)CC1. The van der Waals surface area contributed by atoms with Crippen LogP contribution in [0.1, 0.15) is 36.0 Å². The van der Waals surface area contributed by atoms with Crippen molar-refractivity contribution in [1.82, 2.24) is 9.80 Å². The summed E-state index contributed by atoms with van der Waals surface area (Å²) in [6.07, 6.45) is 8.52. The number of hydrogen-bond donors (Lipinski definition) is 0. The van der Waals surface area contributed by atoms with Crippen LogP contribution in [0, 0.1) is 0 Å². The Balaban J connectivity index is 1.55. The van der Waals surface area contributed by atoms with Gasteiger partial charge in [0.05, 0.1) is 11.8 Å². The monoisotopic (exact) mass is 248 g/mol. The van der Waals surface area contributed by atoms with Crippen LogP contribution in [0.15, 0.2) is 23.0 Å². The highest BCUT2D eigenvalue weighted by Crippen LogP contribution is 2.24. The third kappa shape index (κ3) is 2.29. The van der Waals surface area contributed by atoms with Crippen molar-refractivity contribution in [3.63, 3.8) is 0 Å². The molecule has 4 heteroatoms. The highest BCUT2D eigenvalue weighted by molar-refractivity contribution is 5.93. The lowest BCUT2D eigenvalue weighted by molar-refractivity contribution is 0.0573. The van der Waals surface area contributed by atoms with Crippen molar-refractivity contribution in [2.75, 3.05) is 26.2 Å². The van der Waals surface area contributed by atoms with Gasteiger partial charge >= 0.3 is 0 Å². The predicted octanol–water partition coefficient (Wildman–Crippen LogP) is 1.98. The van der Waals surface area contributed by atoms with Gasteiger partial charge in [-0.05, 0) is 18.9 Å². The summed E-state index contributed by atoms with van der Waals surface area (Å²) >= 11 is 0. The average Bonchev–Trinajstić information content (AvgIpc) is 3.11. The van der Waals surface area contributed by atoms with Crippen molar-refractivity contribution in [2.45, 2.75) is 31.7 Å². The molecular weight excluding hydrogens is 228 g/mol. The van der Waals surface area contributed by atoms with Gasteiger partial charge in [0.25, 0.3) is 5.91 Å². The fraction of sp³-hybridized carbons (Fsp3) is 0.643. The van der Waals surface area contributed by atoms with Crippen LogP contribution in [0.4, 0.5) is 0 Å². The summed E-state index contributed by atoms with van der Waals surface area (Å²) in [5, 5.41) is 0. The van der Waals surface area contributed by atoms with E-state index in [2.05, 4.69) is 4.90 Å². The lowest BCUT2D eigenvalue weighted by atomic mass is 10.1. The van der Waals surface area contributed by atoms with E-state index < -0.39 is 0 Å². The van der Waals surface area contributed by atoms with Crippen molar-refractivity contribution in [3.05, 3.63) is 24.2 Å². The topological polar surface area (TPSA) is 36.7 Å². The van der Waals surface area contributed by atoms with Crippen LogP contribution in [0.25, 0.3) is 0 Å². The molecule has 0 atom stereocenters. The molecule has 1 amide bonds. The second-order valence-electron chi connectivity index (χ2n) is 5.28. The van der Waals surface area contributed by atoms with Gasteiger partial charge in [-0.2, -0.15) is 0 Å². The lowest BCUT2D eigenvalue weighted by Crippen LogP contribution is -2.51. The van der Waals surface area contributed by atoms with Crippen LogP contribution < -0.4 is 0 Å². The second kappa shape index (κ2) is 5.14. The molecule has 2 heterocycles. The van der Waals surface area contributed by atoms with E-state index in [0.29, 0.717) is 5.56 Å². The summed E-state index contributed by atoms with van der Waals surface area (Å²) in [7, 11) is 0. The maximum atomic E-state index is 12.1. The molecule has 1 saturated heterocycles. The van der Waals surface area contributed by atoms with E-state index in [9.17, 15) is 4.79 Å². The predicted molar refractivity (Wildman–Crippen MR) is 68.4 cm³/mol. The van der Waals surface area contributed by atoms with E-state index >= 15 is 0 Å². The zero-order valence-electron chi connectivity index (χ0n) is 10.7. The fourth-order valence-corrected chi connectivity index (χ4v) is 3.13. The zero-order chi connectivity index (χ0) is 12.4. The minimum Gasteiger partial charge on any atom is -0.472 e. The van der Waals surface area contributed by atoms with E-state index in [1.165, 1.54) is 31.9 Å². The Kier molecular flexibility index (Phi) is 3.37. The van der Waals surface area contributed by atoms with Crippen molar-refractivity contribution in [1.29, 1.82) is 0 Å². The Hall–Kier alpha value is -1.29. The number of amides is 1. The number of hydrogen-bond acceptors (Lipinski definition) is 3. The maximum Gasteiger partial charge on any atom is 0.257 e. The van der Waals surface area contributed by atoms with Crippen molar-refractivity contribution >= 4 is 5.91 Å². The number of rotatable bonds is 2. The molecule has 1 aliphatic heterocycles. The molecule has 0 unspecified atom stereocenters. The van der Waals surface area contributed by atoms with Gasteiger partial charge in [-0.25, -0.2) is 0 Å². The molecule has 2 aliphatic rings. The molecule has 98 valence electrons. The Labute approximate surface area is 108 Å². The summed E-state index contributed by atoms with van der Waals surface area (Å²) in [6.45, 7) is 3.74. The molecule has 1 aromatic heterocycles. The molecule has 1 aliphatic carbocycles. The highest BCUT2D eigenvalue weighted by Gasteiger charge is 2.28. The molecule has 18 heavy (non-hydrogen) atoms. The van der Waals surface area contributed by atoms with Gasteiger partial charge in [-0.3, -0.25) is 9.69 Å². The smallest absolute Gasteiger partial charge is 0.257 e. The lowest BCUT2D eigenvalue weighted by Gasteiger charge is -2.37. The number of furan rings is 1. The Morgan fingerprint density at radius 1 is 1.17 bits per heavy atom. The van der Waals surface area contributed by atoms with E-state index in [1.54, 1.807) is 12.3 Å².